The molecule has 1 aromatic rings. The average molecular weight is 339 g/mol. The Morgan fingerprint density at radius 3 is 2.13 bits per heavy atom. The van der Waals surface area contributed by atoms with Crippen LogP contribution in [0.4, 0.5) is 0 Å². The van der Waals surface area contributed by atoms with E-state index in [0.29, 0.717) is 18.8 Å². The summed E-state index contributed by atoms with van der Waals surface area (Å²) in [5.74, 6) is -0.0581. The van der Waals surface area contributed by atoms with E-state index in [9.17, 15) is 13.2 Å². The Balaban J connectivity index is 1.84. The molecule has 3 heterocycles. The summed E-state index contributed by atoms with van der Waals surface area (Å²) < 4.78 is 28.4. The zero-order valence-corrected chi connectivity index (χ0v) is 14.5. The van der Waals surface area contributed by atoms with Gasteiger partial charge in [-0.2, -0.15) is 4.31 Å². The number of hydrogen-bond donors (Lipinski definition) is 0. The second-order valence-electron chi connectivity index (χ2n) is 6.49. The molecule has 0 radical (unpaired) electrons. The Hall–Kier alpha value is -1.34. The summed E-state index contributed by atoms with van der Waals surface area (Å²) in [6.07, 6.45) is 7.75. The molecular formula is C16H25N3O3S. The van der Waals surface area contributed by atoms with Gasteiger partial charge in [0.25, 0.3) is 5.91 Å². The molecule has 0 aromatic carbocycles. The number of carbonyl (C=O) groups is 1. The predicted molar refractivity (Wildman–Crippen MR) is 87.8 cm³/mol. The van der Waals surface area contributed by atoms with Crippen molar-refractivity contribution in [2.75, 3.05) is 26.2 Å². The number of likely N-dealkylation sites (tertiary alicyclic amines) is 1. The maximum Gasteiger partial charge on any atom is 0.270 e. The maximum absolute atomic E-state index is 12.7. The topological polar surface area (TPSA) is 62.6 Å². The molecule has 1 aromatic heterocycles. The third kappa shape index (κ3) is 3.30. The summed E-state index contributed by atoms with van der Waals surface area (Å²) in [5, 5.41) is 0. The maximum atomic E-state index is 12.7. The van der Waals surface area contributed by atoms with Crippen LogP contribution >= 0.6 is 0 Å². The highest BCUT2D eigenvalue weighted by atomic mass is 32.2. The molecule has 0 N–H and O–H groups in total. The molecule has 128 valence electrons. The monoisotopic (exact) mass is 339 g/mol. The van der Waals surface area contributed by atoms with Crippen molar-refractivity contribution < 1.29 is 13.2 Å². The van der Waals surface area contributed by atoms with E-state index in [1.54, 1.807) is 23.9 Å². The van der Waals surface area contributed by atoms with Gasteiger partial charge >= 0.3 is 0 Å². The summed E-state index contributed by atoms with van der Waals surface area (Å²) in [5.41, 5.74) is 0.463. The Morgan fingerprint density at radius 2 is 1.52 bits per heavy atom. The number of amides is 1. The third-order valence-electron chi connectivity index (χ3n) is 4.80. The Kier molecular flexibility index (Phi) is 4.77. The minimum absolute atomic E-state index is 0.0581. The molecule has 7 heteroatoms. The molecule has 1 amide bonds. The first kappa shape index (κ1) is 16.5. The van der Waals surface area contributed by atoms with E-state index < -0.39 is 10.0 Å². The van der Waals surface area contributed by atoms with Gasteiger partial charge in [-0.15, -0.1) is 0 Å². The molecule has 2 aliphatic heterocycles. The number of sulfonamides is 1. The molecular weight excluding hydrogens is 314 g/mol. The molecule has 0 bridgehead atoms. The molecule has 0 saturated carbocycles. The molecule has 2 saturated heterocycles. The zero-order chi connectivity index (χ0) is 16.4. The van der Waals surface area contributed by atoms with E-state index in [0.717, 1.165) is 51.6 Å². The minimum Gasteiger partial charge on any atom is -0.345 e. The second-order valence-corrected chi connectivity index (χ2v) is 8.43. The van der Waals surface area contributed by atoms with Gasteiger partial charge in [-0.25, -0.2) is 8.42 Å². The van der Waals surface area contributed by atoms with Crippen LogP contribution in [0.3, 0.4) is 0 Å². The van der Waals surface area contributed by atoms with Crippen molar-refractivity contribution in [1.82, 2.24) is 13.8 Å². The van der Waals surface area contributed by atoms with Gasteiger partial charge in [-0.3, -0.25) is 4.79 Å². The van der Waals surface area contributed by atoms with Crippen LogP contribution < -0.4 is 0 Å². The van der Waals surface area contributed by atoms with Crippen LogP contribution in [0.2, 0.25) is 0 Å². The molecule has 2 aliphatic rings. The normalized spacial score (nSPS) is 20.7. The largest absolute Gasteiger partial charge is 0.345 e. The van der Waals surface area contributed by atoms with Crippen LogP contribution in [0.15, 0.2) is 17.2 Å². The Morgan fingerprint density at radius 1 is 0.957 bits per heavy atom. The summed E-state index contributed by atoms with van der Waals surface area (Å²) >= 11 is 0. The van der Waals surface area contributed by atoms with Gasteiger partial charge in [0.05, 0.1) is 0 Å². The number of aryl methyl sites for hydroxylation is 1. The summed E-state index contributed by atoms with van der Waals surface area (Å²) in [7, 11) is -1.73. The van der Waals surface area contributed by atoms with E-state index in [4.69, 9.17) is 0 Å². The molecule has 2 fully saturated rings. The van der Waals surface area contributed by atoms with Crippen molar-refractivity contribution >= 4 is 15.9 Å². The van der Waals surface area contributed by atoms with Crippen LogP contribution in [0.1, 0.15) is 49.0 Å². The lowest BCUT2D eigenvalue weighted by Gasteiger charge is -2.20. The van der Waals surface area contributed by atoms with Crippen LogP contribution in [-0.4, -0.2) is 54.3 Å². The lowest BCUT2D eigenvalue weighted by Crippen LogP contribution is -2.33. The van der Waals surface area contributed by atoms with Crippen molar-refractivity contribution in [3.8, 4) is 0 Å². The second kappa shape index (κ2) is 6.65. The summed E-state index contributed by atoms with van der Waals surface area (Å²) in [6, 6.07) is 1.54. The zero-order valence-electron chi connectivity index (χ0n) is 13.7. The van der Waals surface area contributed by atoms with Gasteiger partial charge < -0.3 is 9.47 Å². The summed E-state index contributed by atoms with van der Waals surface area (Å²) in [6.45, 7) is 2.68. The van der Waals surface area contributed by atoms with Gasteiger partial charge in [0.15, 0.2) is 0 Å². The van der Waals surface area contributed by atoms with E-state index in [-0.39, 0.29) is 10.8 Å². The quantitative estimate of drug-likeness (QED) is 0.844. The minimum atomic E-state index is -3.47. The SMILES string of the molecule is Cn1cc(S(=O)(=O)N2CCCC2)cc1C(=O)N1CCCCCC1. The van der Waals surface area contributed by atoms with Crippen LogP contribution in [0.25, 0.3) is 0 Å². The van der Waals surface area contributed by atoms with Crippen LogP contribution in [-0.2, 0) is 17.1 Å². The van der Waals surface area contributed by atoms with Crippen molar-refractivity contribution in [1.29, 1.82) is 0 Å². The Labute approximate surface area is 138 Å². The molecule has 23 heavy (non-hydrogen) atoms. The fraction of sp³-hybridized carbons (Fsp3) is 0.688. The molecule has 6 nitrogen and oxygen atoms in total. The number of nitrogens with zero attached hydrogens (tertiary/aromatic N) is 3. The lowest BCUT2D eigenvalue weighted by molar-refractivity contribution is 0.0752. The molecule has 0 spiro atoms. The van der Waals surface area contributed by atoms with E-state index in [1.807, 2.05) is 4.90 Å². The number of hydrogen-bond acceptors (Lipinski definition) is 3. The lowest BCUT2D eigenvalue weighted by atomic mass is 10.2. The van der Waals surface area contributed by atoms with Crippen LogP contribution in [0, 0.1) is 0 Å². The predicted octanol–water partition coefficient (Wildman–Crippen LogP) is 1.83. The van der Waals surface area contributed by atoms with Gasteiger partial charge in [0, 0.05) is 39.4 Å². The molecule has 0 atom stereocenters. The highest BCUT2D eigenvalue weighted by molar-refractivity contribution is 7.89. The van der Waals surface area contributed by atoms with Gasteiger partial charge in [0.1, 0.15) is 10.6 Å². The highest BCUT2D eigenvalue weighted by Gasteiger charge is 2.30. The highest BCUT2D eigenvalue weighted by Crippen LogP contribution is 2.23. The molecule has 0 unspecified atom stereocenters. The fourth-order valence-electron chi connectivity index (χ4n) is 3.40. The van der Waals surface area contributed by atoms with Gasteiger partial charge in [-0.05, 0) is 31.7 Å². The summed E-state index contributed by atoms with van der Waals surface area (Å²) in [4.78, 5) is 14.8. The average Bonchev–Trinajstić information content (AvgIpc) is 3.11. The molecule has 3 rings (SSSR count). The first-order chi connectivity index (χ1) is 11.0. The fourth-order valence-corrected chi connectivity index (χ4v) is 4.99. The Bertz CT molecular complexity index is 667. The first-order valence-electron chi connectivity index (χ1n) is 8.46. The number of carbonyl (C=O) groups excluding carboxylic acids is 1. The van der Waals surface area contributed by atoms with Crippen molar-refractivity contribution in [3.05, 3.63) is 18.0 Å². The van der Waals surface area contributed by atoms with E-state index >= 15 is 0 Å². The number of aromatic nitrogens is 1. The van der Waals surface area contributed by atoms with E-state index in [2.05, 4.69) is 0 Å². The third-order valence-corrected chi connectivity index (χ3v) is 6.66. The van der Waals surface area contributed by atoms with E-state index in [1.165, 1.54) is 4.31 Å². The van der Waals surface area contributed by atoms with Gasteiger partial charge in [0.2, 0.25) is 10.0 Å². The van der Waals surface area contributed by atoms with Crippen LogP contribution in [0.5, 0.6) is 0 Å². The van der Waals surface area contributed by atoms with Crippen molar-refractivity contribution in [2.45, 2.75) is 43.4 Å². The van der Waals surface area contributed by atoms with Crippen molar-refractivity contribution in [3.63, 3.8) is 0 Å². The van der Waals surface area contributed by atoms with Gasteiger partial charge in [-0.1, -0.05) is 12.8 Å². The number of rotatable bonds is 3. The standard InChI is InChI=1S/C16H25N3O3S/c1-17-13-14(23(21,22)19-10-6-7-11-19)12-15(17)16(20)18-8-4-2-3-5-9-18/h12-13H,2-11H2,1H3. The van der Waals surface area contributed by atoms with Crippen molar-refractivity contribution in [2.24, 2.45) is 7.05 Å². The molecule has 0 aliphatic carbocycles. The smallest absolute Gasteiger partial charge is 0.270 e. The first-order valence-corrected chi connectivity index (χ1v) is 9.90.